The molecular formula is C15H16N2O3. The maximum Gasteiger partial charge on any atom is 0.247 e. The van der Waals surface area contributed by atoms with Crippen molar-refractivity contribution in [3.63, 3.8) is 0 Å². The first-order valence-electron chi connectivity index (χ1n) is 6.30. The first-order valence-corrected chi connectivity index (χ1v) is 6.30. The Kier molecular flexibility index (Phi) is 5.08. The fraction of sp³-hybridized carbons (Fsp3) is 0.200. The van der Waals surface area contributed by atoms with Crippen LogP contribution in [0.25, 0.3) is 6.08 Å². The zero-order valence-electron chi connectivity index (χ0n) is 11.0. The van der Waals surface area contributed by atoms with E-state index in [-0.39, 0.29) is 19.1 Å². The molecule has 0 aliphatic heterocycles. The van der Waals surface area contributed by atoms with Gasteiger partial charge in [0.25, 0.3) is 0 Å². The normalized spacial score (nSPS) is 10.8. The lowest BCUT2D eigenvalue weighted by Crippen LogP contribution is -2.31. The fourth-order valence-electron chi connectivity index (χ4n) is 1.74. The third-order valence-electron chi connectivity index (χ3n) is 2.71. The van der Waals surface area contributed by atoms with Crippen molar-refractivity contribution in [1.82, 2.24) is 9.88 Å². The molecule has 0 spiro atoms. The van der Waals surface area contributed by atoms with E-state index < -0.39 is 0 Å². The average Bonchev–Trinajstić information content (AvgIpc) is 2.99. The van der Waals surface area contributed by atoms with Gasteiger partial charge in [0.05, 0.1) is 12.9 Å². The van der Waals surface area contributed by atoms with E-state index in [0.717, 1.165) is 5.56 Å². The molecule has 0 aromatic carbocycles. The molecule has 0 atom stereocenters. The summed E-state index contributed by atoms with van der Waals surface area (Å²) >= 11 is 0. The molecule has 5 nitrogen and oxygen atoms in total. The van der Waals surface area contributed by atoms with Gasteiger partial charge in [0.15, 0.2) is 0 Å². The maximum absolute atomic E-state index is 12.1. The highest BCUT2D eigenvalue weighted by Gasteiger charge is 2.10. The number of aliphatic hydroxyl groups is 1. The summed E-state index contributed by atoms with van der Waals surface area (Å²) in [4.78, 5) is 17.7. The van der Waals surface area contributed by atoms with Crippen LogP contribution in [0.1, 0.15) is 11.3 Å². The van der Waals surface area contributed by atoms with Crippen molar-refractivity contribution in [2.24, 2.45) is 0 Å². The van der Waals surface area contributed by atoms with Crippen molar-refractivity contribution >= 4 is 12.0 Å². The number of pyridine rings is 1. The molecule has 0 aliphatic carbocycles. The topological polar surface area (TPSA) is 66.6 Å². The Hall–Kier alpha value is -2.40. The molecule has 0 saturated carbocycles. The van der Waals surface area contributed by atoms with E-state index in [2.05, 4.69) is 4.98 Å². The van der Waals surface area contributed by atoms with Crippen LogP contribution in [0.15, 0.2) is 53.4 Å². The van der Waals surface area contributed by atoms with Gasteiger partial charge >= 0.3 is 0 Å². The number of furan rings is 1. The van der Waals surface area contributed by atoms with Crippen molar-refractivity contribution in [3.05, 3.63) is 60.3 Å². The van der Waals surface area contributed by atoms with Crippen LogP contribution in [0.2, 0.25) is 0 Å². The predicted octanol–water partition coefficient (Wildman–Crippen LogP) is 1.71. The predicted molar refractivity (Wildman–Crippen MR) is 74.5 cm³/mol. The lowest BCUT2D eigenvalue weighted by molar-refractivity contribution is -0.127. The van der Waals surface area contributed by atoms with Crippen molar-refractivity contribution in [2.75, 3.05) is 13.2 Å². The Bertz CT molecular complexity index is 550. The third kappa shape index (κ3) is 4.07. The molecule has 2 heterocycles. The highest BCUT2D eigenvalue weighted by Crippen LogP contribution is 2.06. The minimum absolute atomic E-state index is 0.0827. The zero-order chi connectivity index (χ0) is 14.2. The molecular weight excluding hydrogens is 256 g/mol. The van der Waals surface area contributed by atoms with Gasteiger partial charge in [-0.1, -0.05) is 6.07 Å². The van der Waals surface area contributed by atoms with E-state index in [1.165, 1.54) is 6.08 Å². The number of rotatable bonds is 6. The lowest BCUT2D eigenvalue weighted by Gasteiger charge is -2.19. The van der Waals surface area contributed by atoms with Gasteiger partial charge in [-0.15, -0.1) is 0 Å². The van der Waals surface area contributed by atoms with Crippen LogP contribution in [0.4, 0.5) is 0 Å². The molecule has 2 aromatic heterocycles. The summed E-state index contributed by atoms with van der Waals surface area (Å²) in [6.45, 7) is 0.604. The summed E-state index contributed by atoms with van der Waals surface area (Å²) in [5.41, 5.74) is 0.917. The van der Waals surface area contributed by atoms with Crippen molar-refractivity contribution in [3.8, 4) is 0 Å². The fourth-order valence-corrected chi connectivity index (χ4v) is 1.74. The van der Waals surface area contributed by atoms with Crippen molar-refractivity contribution in [1.29, 1.82) is 0 Å². The van der Waals surface area contributed by atoms with Crippen LogP contribution in [-0.2, 0) is 11.3 Å². The molecule has 0 fully saturated rings. The molecule has 0 bridgehead atoms. The Morgan fingerprint density at radius 1 is 1.40 bits per heavy atom. The highest BCUT2D eigenvalue weighted by molar-refractivity contribution is 5.91. The summed E-state index contributed by atoms with van der Waals surface area (Å²) in [7, 11) is 0. The second-order valence-corrected chi connectivity index (χ2v) is 4.19. The van der Waals surface area contributed by atoms with Gasteiger partial charge in [-0.3, -0.25) is 9.78 Å². The maximum atomic E-state index is 12.1. The number of nitrogens with zero attached hydrogens (tertiary/aromatic N) is 2. The second kappa shape index (κ2) is 7.25. The molecule has 0 aliphatic rings. The summed E-state index contributed by atoms with van der Waals surface area (Å²) < 4.78 is 5.12. The molecule has 2 aromatic rings. The van der Waals surface area contributed by atoms with E-state index in [0.29, 0.717) is 12.3 Å². The van der Waals surface area contributed by atoms with Gasteiger partial charge < -0.3 is 14.4 Å². The summed E-state index contributed by atoms with van der Waals surface area (Å²) in [5, 5.41) is 9.06. The monoisotopic (exact) mass is 272 g/mol. The average molecular weight is 272 g/mol. The minimum atomic E-state index is -0.181. The molecule has 0 saturated heterocycles. The molecule has 20 heavy (non-hydrogen) atoms. The molecule has 1 N–H and O–H groups in total. The first kappa shape index (κ1) is 14.0. The lowest BCUT2D eigenvalue weighted by atomic mass is 10.2. The molecule has 0 radical (unpaired) electrons. The van der Waals surface area contributed by atoms with Crippen LogP contribution in [0.5, 0.6) is 0 Å². The minimum Gasteiger partial charge on any atom is -0.465 e. The molecule has 5 heteroatoms. The molecule has 1 amide bonds. The Morgan fingerprint density at radius 2 is 2.30 bits per heavy atom. The highest BCUT2D eigenvalue weighted by atomic mass is 16.3. The number of aromatic nitrogens is 1. The second-order valence-electron chi connectivity index (χ2n) is 4.19. The summed E-state index contributed by atoms with van der Waals surface area (Å²) in [6.07, 6.45) is 7.97. The van der Waals surface area contributed by atoms with Crippen LogP contribution < -0.4 is 0 Å². The van der Waals surface area contributed by atoms with E-state index >= 15 is 0 Å². The van der Waals surface area contributed by atoms with Gasteiger partial charge in [0.1, 0.15) is 5.76 Å². The molecule has 2 rings (SSSR count). The molecule has 0 unspecified atom stereocenters. The van der Waals surface area contributed by atoms with Gasteiger partial charge in [-0.25, -0.2) is 0 Å². The number of carbonyl (C=O) groups excluding carboxylic acids is 1. The number of hydrogen-bond donors (Lipinski definition) is 1. The van der Waals surface area contributed by atoms with Crippen molar-refractivity contribution in [2.45, 2.75) is 6.54 Å². The number of carbonyl (C=O) groups is 1. The van der Waals surface area contributed by atoms with Crippen LogP contribution in [0, 0.1) is 0 Å². The van der Waals surface area contributed by atoms with E-state index in [9.17, 15) is 4.79 Å². The Labute approximate surface area is 117 Å². The van der Waals surface area contributed by atoms with Gasteiger partial charge in [0.2, 0.25) is 5.91 Å². The van der Waals surface area contributed by atoms with Crippen LogP contribution in [0.3, 0.4) is 0 Å². The van der Waals surface area contributed by atoms with E-state index in [1.807, 2.05) is 12.1 Å². The Morgan fingerprint density at radius 3 is 2.95 bits per heavy atom. The largest absolute Gasteiger partial charge is 0.465 e. The third-order valence-corrected chi connectivity index (χ3v) is 2.71. The number of hydrogen-bond acceptors (Lipinski definition) is 4. The van der Waals surface area contributed by atoms with Crippen LogP contribution >= 0.6 is 0 Å². The molecule has 104 valence electrons. The smallest absolute Gasteiger partial charge is 0.247 e. The van der Waals surface area contributed by atoms with E-state index in [4.69, 9.17) is 9.52 Å². The van der Waals surface area contributed by atoms with Crippen LogP contribution in [-0.4, -0.2) is 34.0 Å². The Balaban J connectivity index is 2.02. The summed E-state index contributed by atoms with van der Waals surface area (Å²) in [6, 6.07) is 7.23. The van der Waals surface area contributed by atoms with Gasteiger partial charge in [-0.2, -0.15) is 0 Å². The van der Waals surface area contributed by atoms with E-state index in [1.54, 1.807) is 41.8 Å². The number of aliphatic hydroxyl groups excluding tert-OH is 1. The summed E-state index contributed by atoms with van der Waals surface area (Å²) in [5.74, 6) is 0.433. The van der Waals surface area contributed by atoms with Crippen molar-refractivity contribution < 1.29 is 14.3 Å². The standard InChI is InChI=1S/C15H16N2O3/c18-9-8-17(12-13-3-1-7-16-11-13)15(19)6-5-14-4-2-10-20-14/h1-7,10-11,18H,8-9,12H2/b6-5+. The SMILES string of the molecule is O=C(/C=C/c1ccco1)N(CCO)Cc1cccnc1. The number of amides is 1. The van der Waals surface area contributed by atoms with Gasteiger partial charge in [0, 0.05) is 31.6 Å². The van der Waals surface area contributed by atoms with Gasteiger partial charge in [-0.05, 0) is 29.8 Å². The zero-order valence-corrected chi connectivity index (χ0v) is 11.0. The first-order chi connectivity index (χ1) is 9.79. The quantitative estimate of drug-likeness (QED) is 0.813.